The van der Waals surface area contributed by atoms with Gasteiger partial charge in [-0.05, 0) is 12.1 Å². The van der Waals surface area contributed by atoms with Crippen LogP contribution in [0.15, 0.2) is 24.5 Å². The van der Waals surface area contributed by atoms with E-state index in [0.29, 0.717) is 16.9 Å². The molecule has 0 aliphatic carbocycles. The maximum Gasteiger partial charge on any atom is 0.262 e. The van der Waals surface area contributed by atoms with Crippen LogP contribution < -0.4 is 15.8 Å². The largest absolute Gasteiger partial charge is 0.480 e. The van der Waals surface area contributed by atoms with Crippen LogP contribution in [0.3, 0.4) is 0 Å². The van der Waals surface area contributed by atoms with E-state index in [-0.39, 0.29) is 16.8 Å². The number of nitrogens with zero attached hydrogens (tertiary/aromatic N) is 3. The van der Waals surface area contributed by atoms with Gasteiger partial charge in [-0.25, -0.2) is 4.98 Å². The second kappa shape index (κ2) is 5.66. The van der Waals surface area contributed by atoms with E-state index in [1.807, 2.05) is 0 Å². The van der Waals surface area contributed by atoms with E-state index < -0.39 is 0 Å². The number of carbonyl (C=O) groups is 1. The third-order valence-corrected chi connectivity index (χ3v) is 2.87. The van der Waals surface area contributed by atoms with Crippen molar-refractivity contribution in [3.63, 3.8) is 0 Å². The van der Waals surface area contributed by atoms with Crippen LogP contribution >= 0.6 is 12.2 Å². The Kier molecular flexibility index (Phi) is 3.94. The first-order valence-corrected chi connectivity index (χ1v) is 6.07. The van der Waals surface area contributed by atoms with E-state index in [1.165, 1.54) is 18.0 Å². The SMILES string of the molecule is COc1ncccc1C(=O)Nc1c(C(N)=S)cnn1C. The standard InChI is InChI=1S/C12H13N5O2S/c1-17-10(8(6-15-17)9(13)20)16-11(18)7-4-3-5-14-12(7)19-2/h3-6H,1-2H3,(H2,13,20)(H,16,18). The fourth-order valence-electron chi connectivity index (χ4n) is 1.67. The molecule has 0 saturated carbocycles. The maximum absolute atomic E-state index is 12.3. The summed E-state index contributed by atoms with van der Waals surface area (Å²) < 4.78 is 6.53. The van der Waals surface area contributed by atoms with Gasteiger partial charge in [-0.1, -0.05) is 12.2 Å². The van der Waals surface area contributed by atoms with Gasteiger partial charge in [0.05, 0.1) is 18.9 Å². The molecule has 0 atom stereocenters. The lowest BCUT2D eigenvalue weighted by Crippen LogP contribution is -2.19. The minimum absolute atomic E-state index is 0.159. The predicted octanol–water partition coefficient (Wildman–Crippen LogP) is 0.710. The van der Waals surface area contributed by atoms with Crippen LogP contribution in [0.25, 0.3) is 0 Å². The first-order valence-electron chi connectivity index (χ1n) is 5.66. The van der Waals surface area contributed by atoms with Gasteiger partial charge in [0.25, 0.3) is 5.91 Å². The molecule has 2 aromatic rings. The number of carbonyl (C=O) groups excluding carboxylic acids is 1. The van der Waals surface area contributed by atoms with Crippen LogP contribution in [0.2, 0.25) is 0 Å². The molecule has 0 aromatic carbocycles. The molecule has 2 aromatic heterocycles. The molecule has 0 aliphatic rings. The Morgan fingerprint density at radius 2 is 2.25 bits per heavy atom. The molecule has 0 unspecified atom stereocenters. The van der Waals surface area contributed by atoms with Crippen LogP contribution in [0.1, 0.15) is 15.9 Å². The Morgan fingerprint density at radius 3 is 2.90 bits per heavy atom. The lowest BCUT2D eigenvalue weighted by Gasteiger charge is -2.09. The Hall–Kier alpha value is -2.48. The molecule has 2 heterocycles. The van der Waals surface area contributed by atoms with Gasteiger partial charge in [-0.15, -0.1) is 0 Å². The van der Waals surface area contributed by atoms with Crippen LogP contribution in [-0.4, -0.2) is 32.8 Å². The fraction of sp³-hybridized carbons (Fsp3) is 0.167. The number of ether oxygens (including phenoxy) is 1. The molecular weight excluding hydrogens is 278 g/mol. The van der Waals surface area contributed by atoms with Gasteiger partial charge >= 0.3 is 0 Å². The zero-order valence-electron chi connectivity index (χ0n) is 11.0. The summed E-state index contributed by atoms with van der Waals surface area (Å²) in [4.78, 5) is 16.4. The summed E-state index contributed by atoms with van der Waals surface area (Å²) in [5.74, 6) is 0.286. The number of hydrogen-bond donors (Lipinski definition) is 2. The zero-order chi connectivity index (χ0) is 14.7. The van der Waals surface area contributed by atoms with E-state index in [2.05, 4.69) is 15.4 Å². The molecule has 8 heteroatoms. The molecule has 7 nitrogen and oxygen atoms in total. The molecule has 0 radical (unpaired) electrons. The number of rotatable bonds is 4. The molecular formula is C12H13N5O2S. The number of nitrogens with one attached hydrogen (secondary N) is 1. The lowest BCUT2D eigenvalue weighted by atomic mass is 10.2. The number of anilines is 1. The van der Waals surface area contributed by atoms with E-state index in [4.69, 9.17) is 22.7 Å². The lowest BCUT2D eigenvalue weighted by molar-refractivity contribution is 0.102. The topological polar surface area (TPSA) is 95.1 Å². The number of amides is 1. The van der Waals surface area contributed by atoms with Gasteiger partial charge in [-0.2, -0.15) is 5.10 Å². The van der Waals surface area contributed by atoms with Crippen molar-refractivity contribution in [1.82, 2.24) is 14.8 Å². The summed E-state index contributed by atoms with van der Waals surface area (Å²) in [6.45, 7) is 0. The normalized spacial score (nSPS) is 10.1. The highest BCUT2D eigenvalue weighted by Crippen LogP contribution is 2.18. The highest BCUT2D eigenvalue weighted by molar-refractivity contribution is 7.80. The van der Waals surface area contributed by atoms with Crippen molar-refractivity contribution in [1.29, 1.82) is 0 Å². The van der Waals surface area contributed by atoms with Crippen molar-refractivity contribution in [3.8, 4) is 5.88 Å². The number of hydrogen-bond acceptors (Lipinski definition) is 5. The van der Waals surface area contributed by atoms with Crippen molar-refractivity contribution in [2.45, 2.75) is 0 Å². The number of aromatic nitrogens is 3. The monoisotopic (exact) mass is 291 g/mol. The van der Waals surface area contributed by atoms with Gasteiger partial charge in [0, 0.05) is 13.2 Å². The van der Waals surface area contributed by atoms with E-state index >= 15 is 0 Å². The predicted molar refractivity (Wildman–Crippen MR) is 77.8 cm³/mol. The third-order valence-electron chi connectivity index (χ3n) is 2.65. The highest BCUT2D eigenvalue weighted by Gasteiger charge is 2.18. The van der Waals surface area contributed by atoms with Gasteiger partial charge in [0.2, 0.25) is 5.88 Å². The number of thiocarbonyl (C=S) groups is 1. The summed E-state index contributed by atoms with van der Waals surface area (Å²) in [6.07, 6.45) is 3.04. The molecule has 0 saturated heterocycles. The molecule has 104 valence electrons. The summed E-state index contributed by atoms with van der Waals surface area (Å²) >= 11 is 4.92. The average molecular weight is 291 g/mol. The van der Waals surface area contributed by atoms with Crippen LogP contribution in [-0.2, 0) is 7.05 Å². The second-order valence-corrected chi connectivity index (χ2v) is 4.35. The quantitative estimate of drug-likeness (QED) is 0.806. The summed E-state index contributed by atoms with van der Waals surface area (Å²) in [5, 5.41) is 6.72. The summed E-state index contributed by atoms with van der Waals surface area (Å²) in [7, 11) is 3.13. The Labute approximate surface area is 120 Å². The van der Waals surface area contributed by atoms with E-state index in [0.717, 1.165) is 0 Å². The smallest absolute Gasteiger partial charge is 0.262 e. The van der Waals surface area contributed by atoms with Gasteiger partial charge in [-0.3, -0.25) is 9.48 Å². The minimum Gasteiger partial charge on any atom is -0.480 e. The number of pyridine rings is 1. The van der Waals surface area contributed by atoms with Gasteiger partial charge in [0.15, 0.2) is 0 Å². The van der Waals surface area contributed by atoms with Crippen molar-refractivity contribution in [2.24, 2.45) is 12.8 Å². The van der Waals surface area contributed by atoms with Crippen molar-refractivity contribution >= 4 is 28.9 Å². The molecule has 0 spiro atoms. The number of methoxy groups -OCH3 is 1. The van der Waals surface area contributed by atoms with E-state index in [1.54, 1.807) is 25.4 Å². The number of nitrogens with two attached hydrogens (primary N) is 1. The van der Waals surface area contributed by atoms with Crippen LogP contribution in [0, 0.1) is 0 Å². The van der Waals surface area contributed by atoms with Crippen LogP contribution in [0.5, 0.6) is 5.88 Å². The molecule has 0 fully saturated rings. The van der Waals surface area contributed by atoms with Crippen LogP contribution in [0.4, 0.5) is 5.82 Å². The van der Waals surface area contributed by atoms with Gasteiger partial charge in [0.1, 0.15) is 16.4 Å². The third kappa shape index (κ3) is 2.59. The Morgan fingerprint density at radius 1 is 1.50 bits per heavy atom. The molecule has 1 amide bonds. The molecule has 3 N–H and O–H groups in total. The first-order chi connectivity index (χ1) is 9.54. The molecule has 0 aliphatic heterocycles. The van der Waals surface area contributed by atoms with Gasteiger partial charge < -0.3 is 15.8 Å². The first kappa shape index (κ1) is 13.9. The maximum atomic E-state index is 12.3. The molecule has 20 heavy (non-hydrogen) atoms. The fourth-order valence-corrected chi connectivity index (χ4v) is 1.82. The zero-order valence-corrected chi connectivity index (χ0v) is 11.8. The Bertz CT molecular complexity index is 668. The van der Waals surface area contributed by atoms with E-state index in [9.17, 15) is 4.79 Å². The van der Waals surface area contributed by atoms with Crippen molar-refractivity contribution in [2.75, 3.05) is 12.4 Å². The molecule has 2 rings (SSSR count). The summed E-state index contributed by atoms with van der Waals surface area (Å²) in [5.41, 5.74) is 6.40. The highest BCUT2D eigenvalue weighted by atomic mass is 32.1. The van der Waals surface area contributed by atoms with Crippen molar-refractivity contribution < 1.29 is 9.53 Å². The Balaban J connectivity index is 2.33. The second-order valence-electron chi connectivity index (χ2n) is 3.91. The summed E-state index contributed by atoms with van der Waals surface area (Å²) in [6, 6.07) is 3.26. The number of aryl methyl sites for hydroxylation is 1. The average Bonchev–Trinajstić information content (AvgIpc) is 2.80. The molecule has 0 bridgehead atoms. The van der Waals surface area contributed by atoms with Crippen molar-refractivity contribution in [3.05, 3.63) is 35.7 Å². The minimum atomic E-state index is -0.379.